The zero-order valence-corrected chi connectivity index (χ0v) is 15.7. The smallest absolute Gasteiger partial charge is 0.270 e. The number of carbonyl (C=O) groups excluding carboxylic acids is 1. The Kier molecular flexibility index (Phi) is 4.30. The number of para-hydroxylation sites is 2. The molecule has 1 amide bonds. The summed E-state index contributed by atoms with van der Waals surface area (Å²) in [7, 11) is 0. The summed E-state index contributed by atoms with van der Waals surface area (Å²) in [4.78, 5) is 19.9. The highest BCUT2D eigenvalue weighted by Gasteiger charge is 2.35. The SMILES string of the molecule is O=C([C@H]1Cc2ccccc2O1)N(C[C@@H]1CCCO1)c1nc2ccccc2s1. The average molecular weight is 380 g/mol. The van der Waals surface area contributed by atoms with E-state index in [4.69, 9.17) is 14.5 Å². The summed E-state index contributed by atoms with van der Waals surface area (Å²) in [6.07, 6.45) is 2.17. The molecule has 3 aromatic rings. The number of benzene rings is 2. The van der Waals surface area contributed by atoms with E-state index in [0.29, 0.717) is 13.0 Å². The van der Waals surface area contributed by atoms with Crippen molar-refractivity contribution in [3.63, 3.8) is 0 Å². The van der Waals surface area contributed by atoms with E-state index in [1.165, 1.54) is 0 Å². The van der Waals surface area contributed by atoms with Gasteiger partial charge >= 0.3 is 0 Å². The molecule has 0 unspecified atom stereocenters. The van der Waals surface area contributed by atoms with Crippen LogP contribution in [-0.4, -0.2) is 36.3 Å². The van der Waals surface area contributed by atoms with Gasteiger partial charge in [-0.15, -0.1) is 0 Å². The third-order valence-electron chi connectivity index (χ3n) is 5.11. The lowest BCUT2D eigenvalue weighted by molar-refractivity contribution is -0.125. The number of fused-ring (bicyclic) bond motifs is 2. The molecule has 5 rings (SSSR count). The normalized spacial score (nSPS) is 21.2. The van der Waals surface area contributed by atoms with Gasteiger partial charge in [-0.2, -0.15) is 0 Å². The number of ether oxygens (including phenoxy) is 2. The molecule has 1 saturated heterocycles. The molecule has 0 saturated carbocycles. The van der Waals surface area contributed by atoms with E-state index in [1.54, 1.807) is 16.2 Å². The van der Waals surface area contributed by atoms with Crippen molar-refractivity contribution in [2.45, 2.75) is 31.5 Å². The van der Waals surface area contributed by atoms with Crippen molar-refractivity contribution in [2.75, 3.05) is 18.1 Å². The number of carbonyl (C=O) groups is 1. The van der Waals surface area contributed by atoms with Crippen molar-refractivity contribution >= 4 is 32.6 Å². The van der Waals surface area contributed by atoms with Crippen molar-refractivity contribution in [2.24, 2.45) is 0 Å². The Hall–Kier alpha value is -2.44. The van der Waals surface area contributed by atoms with Crippen LogP contribution in [0, 0.1) is 0 Å². The van der Waals surface area contributed by atoms with Gasteiger partial charge in [0, 0.05) is 13.0 Å². The lowest BCUT2D eigenvalue weighted by Crippen LogP contribution is -2.45. The highest BCUT2D eigenvalue weighted by Crippen LogP contribution is 2.33. The van der Waals surface area contributed by atoms with E-state index in [9.17, 15) is 4.79 Å². The zero-order chi connectivity index (χ0) is 18.2. The van der Waals surface area contributed by atoms with Gasteiger partial charge in [-0.05, 0) is 36.6 Å². The Morgan fingerprint density at radius 2 is 2.04 bits per heavy atom. The van der Waals surface area contributed by atoms with Crippen LogP contribution in [0.1, 0.15) is 18.4 Å². The Morgan fingerprint density at radius 3 is 2.85 bits per heavy atom. The summed E-state index contributed by atoms with van der Waals surface area (Å²) in [6, 6.07) is 15.8. The molecule has 0 spiro atoms. The van der Waals surface area contributed by atoms with E-state index in [2.05, 4.69) is 0 Å². The van der Waals surface area contributed by atoms with Crippen molar-refractivity contribution in [1.82, 2.24) is 4.98 Å². The molecule has 1 fully saturated rings. The third kappa shape index (κ3) is 3.19. The van der Waals surface area contributed by atoms with Gasteiger partial charge in [0.1, 0.15) is 5.75 Å². The number of aromatic nitrogens is 1. The van der Waals surface area contributed by atoms with Gasteiger partial charge in [0.05, 0.1) is 22.9 Å². The third-order valence-corrected chi connectivity index (χ3v) is 6.17. The standard InChI is InChI=1S/C21H20N2O3S/c24-20(18-12-14-6-1-3-9-17(14)26-18)23(13-15-7-5-11-25-15)21-22-16-8-2-4-10-19(16)27-21/h1-4,6,8-10,15,18H,5,7,11-13H2/t15-,18+/m0/s1. The van der Waals surface area contributed by atoms with Gasteiger partial charge < -0.3 is 9.47 Å². The number of rotatable bonds is 4. The van der Waals surface area contributed by atoms with Gasteiger partial charge in [0.25, 0.3) is 5.91 Å². The molecular formula is C21H20N2O3S. The Bertz CT molecular complexity index is 922. The van der Waals surface area contributed by atoms with Crippen LogP contribution in [0.15, 0.2) is 48.5 Å². The molecule has 1 aromatic heterocycles. The van der Waals surface area contributed by atoms with Crippen molar-refractivity contribution in [3.8, 4) is 5.75 Å². The highest BCUT2D eigenvalue weighted by atomic mass is 32.1. The van der Waals surface area contributed by atoms with E-state index in [0.717, 1.165) is 46.1 Å². The average Bonchev–Trinajstić information content (AvgIpc) is 3.44. The predicted octanol–water partition coefficient (Wildman–Crippen LogP) is 3.81. The molecule has 2 atom stereocenters. The van der Waals surface area contributed by atoms with E-state index in [1.807, 2.05) is 48.5 Å². The van der Waals surface area contributed by atoms with Crippen LogP contribution in [-0.2, 0) is 16.0 Å². The van der Waals surface area contributed by atoms with Gasteiger partial charge in [-0.1, -0.05) is 41.7 Å². The second kappa shape index (κ2) is 6.94. The predicted molar refractivity (Wildman–Crippen MR) is 106 cm³/mol. The summed E-state index contributed by atoms with van der Waals surface area (Å²) in [5.41, 5.74) is 2.00. The molecule has 0 bridgehead atoms. The summed E-state index contributed by atoms with van der Waals surface area (Å²) in [5.74, 6) is 0.762. The fourth-order valence-corrected chi connectivity index (χ4v) is 4.70. The number of thiazole rings is 1. The maximum Gasteiger partial charge on any atom is 0.270 e. The molecule has 2 aliphatic rings. The van der Waals surface area contributed by atoms with Gasteiger partial charge in [0.2, 0.25) is 0 Å². The second-order valence-corrected chi connectivity index (χ2v) is 7.98. The second-order valence-electron chi connectivity index (χ2n) is 6.97. The summed E-state index contributed by atoms with van der Waals surface area (Å²) >= 11 is 1.54. The fourth-order valence-electron chi connectivity index (χ4n) is 3.72. The van der Waals surface area contributed by atoms with Crippen molar-refractivity contribution in [1.29, 1.82) is 0 Å². The van der Waals surface area contributed by atoms with Crippen LogP contribution in [0.2, 0.25) is 0 Å². The number of anilines is 1. The number of hydrogen-bond acceptors (Lipinski definition) is 5. The molecule has 0 radical (unpaired) electrons. The lowest BCUT2D eigenvalue weighted by atomic mass is 10.1. The minimum atomic E-state index is -0.504. The van der Waals surface area contributed by atoms with E-state index >= 15 is 0 Å². The first-order chi connectivity index (χ1) is 13.3. The van der Waals surface area contributed by atoms with Crippen LogP contribution in [0.5, 0.6) is 5.75 Å². The number of nitrogens with zero attached hydrogens (tertiary/aromatic N) is 2. The molecule has 0 N–H and O–H groups in total. The maximum atomic E-state index is 13.4. The molecule has 6 heteroatoms. The Labute approximate surface area is 161 Å². The number of hydrogen-bond donors (Lipinski definition) is 0. The Morgan fingerprint density at radius 1 is 1.19 bits per heavy atom. The van der Waals surface area contributed by atoms with Gasteiger partial charge in [-0.3, -0.25) is 9.69 Å². The largest absolute Gasteiger partial charge is 0.480 e. The molecule has 3 heterocycles. The minimum absolute atomic E-state index is 0.0410. The summed E-state index contributed by atoms with van der Waals surface area (Å²) in [5, 5.41) is 0.719. The summed E-state index contributed by atoms with van der Waals surface area (Å²) < 4.78 is 12.8. The van der Waals surface area contributed by atoms with Crippen LogP contribution in [0.4, 0.5) is 5.13 Å². The van der Waals surface area contributed by atoms with Crippen LogP contribution >= 0.6 is 11.3 Å². The van der Waals surface area contributed by atoms with Crippen molar-refractivity contribution < 1.29 is 14.3 Å². The first-order valence-electron chi connectivity index (χ1n) is 9.31. The topological polar surface area (TPSA) is 51.7 Å². The zero-order valence-electron chi connectivity index (χ0n) is 14.8. The van der Waals surface area contributed by atoms with Gasteiger partial charge in [-0.25, -0.2) is 4.98 Å². The molecular weight excluding hydrogens is 360 g/mol. The minimum Gasteiger partial charge on any atom is -0.480 e. The molecule has 27 heavy (non-hydrogen) atoms. The monoisotopic (exact) mass is 380 g/mol. The summed E-state index contributed by atoms with van der Waals surface area (Å²) in [6.45, 7) is 1.28. The van der Waals surface area contributed by atoms with E-state index < -0.39 is 6.10 Å². The van der Waals surface area contributed by atoms with E-state index in [-0.39, 0.29) is 12.0 Å². The van der Waals surface area contributed by atoms with Crippen molar-refractivity contribution in [3.05, 3.63) is 54.1 Å². The quantitative estimate of drug-likeness (QED) is 0.691. The first kappa shape index (κ1) is 16.7. The van der Waals surface area contributed by atoms with Crippen LogP contribution in [0.3, 0.4) is 0 Å². The van der Waals surface area contributed by atoms with Crippen LogP contribution in [0.25, 0.3) is 10.2 Å². The van der Waals surface area contributed by atoms with Gasteiger partial charge in [0.15, 0.2) is 11.2 Å². The molecule has 0 aliphatic carbocycles. The first-order valence-corrected chi connectivity index (χ1v) is 10.1. The number of amides is 1. The molecule has 2 aliphatic heterocycles. The Balaban J connectivity index is 1.45. The maximum absolute atomic E-state index is 13.4. The fraction of sp³-hybridized carbons (Fsp3) is 0.333. The van der Waals surface area contributed by atoms with Crippen LogP contribution < -0.4 is 9.64 Å². The highest BCUT2D eigenvalue weighted by molar-refractivity contribution is 7.22. The molecule has 5 nitrogen and oxygen atoms in total. The lowest BCUT2D eigenvalue weighted by Gasteiger charge is -2.25. The molecule has 2 aromatic carbocycles. The molecule has 138 valence electrons.